The summed E-state index contributed by atoms with van der Waals surface area (Å²) >= 11 is 11.9. The highest BCUT2D eigenvalue weighted by molar-refractivity contribution is 6.35. The van der Waals surface area contributed by atoms with Crippen molar-refractivity contribution in [3.8, 4) is 5.75 Å². The van der Waals surface area contributed by atoms with E-state index in [1.54, 1.807) is 17.2 Å². The number of carbonyl (C=O) groups is 1. The summed E-state index contributed by atoms with van der Waals surface area (Å²) in [5.74, 6) is 0.522. The molecule has 182 valence electrons. The van der Waals surface area contributed by atoms with Gasteiger partial charge in [-0.05, 0) is 30.3 Å². The SMILES string of the molecule is O=C(COc1ccc(Cl)cc1Cl)NNc1ncnc(N2CCN(c3ccccn3)CC2)c1[N+](=O)[O-]. The second-order valence-electron chi connectivity index (χ2n) is 7.35. The van der Waals surface area contributed by atoms with E-state index < -0.39 is 17.4 Å². The van der Waals surface area contributed by atoms with Crippen LogP contribution in [0.15, 0.2) is 48.9 Å². The first-order chi connectivity index (χ1) is 16.9. The highest BCUT2D eigenvalue weighted by Gasteiger charge is 2.29. The van der Waals surface area contributed by atoms with Crippen LogP contribution in [-0.4, -0.2) is 58.6 Å². The Kier molecular flexibility index (Phi) is 7.63. The van der Waals surface area contributed by atoms with Gasteiger partial charge in [-0.2, -0.15) is 0 Å². The Hall–Kier alpha value is -3.90. The fourth-order valence-corrected chi connectivity index (χ4v) is 3.91. The number of hydrazine groups is 1. The van der Waals surface area contributed by atoms with Crippen LogP contribution >= 0.6 is 23.2 Å². The minimum Gasteiger partial charge on any atom is -0.482 e. The van der Waals surface area contributed by atoms with Crippen LogP contribution in [0.25, 0.3) is 0 Å². The number of anilines is 3. The van der Waals surface area contributed by atoms with E-state index in [9.17, 15) is 14.9 Å². The van der Waals surface area contributed by atoms with Crippen LogP contribution in [-0.2, 0) is 4.79 Å². The first kappa shape index (κ1) is 24.2. The van der Waals surface area contributed by atoms with Crippen LogP contribution in [0.2, 0.25) is 10.0 Å². The van der Waals surface area contributed by atoms with E-state index in [0.717, 1.165) is 5.82 Å². The zero-order valence-electron chi connectivity index (χ0n) is 18.2. The molecule has 2 aromatic heterocycles. The molecule has 0 unspecified atom stereocenters. The Balaban J connectivity index is 1.39. The van der Waals surface area contributed by atoms with Crippen molar-refractivity contribution >= 4 is 52.3 Å². The molecule has 1 aliphatic rings. The standard InChI is InChI=1S/C21H20Cl2N8O4/c22-14-4-5-16(15(23)11-14)35-12-18(32)27-28-20-19(31(33)34)21(26-13-25-20)30-9-7-29(8-10-30)17-3-1-2-6-24-17/h1-6,11,13H,7-10,12H2,(H,27,32)(H,25,26,28). The zero-order chi connectivity index (χ0) is 24.8. The summed E-state index contributed by atoms with van der Waals surface area (Å²) in [7, 11) is 0. The molecule has 0 saturated carbocycles. The second kappa shape index (κ2) is 11.0. The normalized spacial score (nSPS) is 13.3. The average Bonchev–Trinajstić information content (AvgIpc) is 2.87. The fraction of sp³-hybridized carbons (Fsp3) is 0.238. The minimum absolute atomic E-state index is 0.148. The van der Waals surface area contributed by atoms with Gasteiger partial charge >= 0.3 is 5.69 Å². The average molecular weight is 519 g/mol. The predicted molar refractivity (Wildman–Crippen MR) is 131 cm³/mol. The number of nitro groups is 1. The van der Waals surface area contributed by atoms with E-state index in [1.807, 2.05) is 18.2 Å². The number of nitrogens with zero attached hydrogens (tertiary/aromatic N) is 6. The van der Waals surface area contributed by atoms with Gasteiger partial charge in [-0.25, -0.2) is 15.0 Å². The van der Waals surface area contributed by atoms with Crippen molar-refractivity contribution in [2.75, 3.05) is 48.0 Å². The Labute approximate surface area is 210 Å². The predicted octanol–water partition coefficient (Wildman–Crippen LogP) is 2.94. The van der Waals surface area contributed by atoms with E-state index in [1.165, 1.54) is 18.5 Å². The van der Waals surface area contributed by atoms with Crippen molar-refractivity contribution in [2.24, 2.45) is 0 Å². The molecule has 1 amide bonds. The summed E-state index contributed by atoms with van der Waals surface area (Å²) in [6.07, 6.45) is 2.92. The van der Waals surface area contributed by atoms with E-state index in [4.69, 9.17) is 27.9 Å². The lowest BCUT2D eigenvalue weighted by molar-refractivity contribution is -0.383. The fourth-order valence-electron chi connectivity index (χ4n) is 3.45. The van der Waals surface area contributed by atoms with Gasteiger partial charge in [0.2, 0.25) is 11.6 Å². The molecule has 4 rings (SSSR count). The largest absolute Gasteiger partial charge is 0.482 e. The number of rotatable bonds is 8. The number of nitrogens with one attached hydrogen (secondary N) is 2. The van der Waals surface area contributed by atoms with Gasteiger partial charge in [-0.1, -0.05) is 29.3 Å². The highest BCUT2D eigenvalue weighted by Crippen LogP contribution is 2.32. The summed E-state index contributed by atoms with van der Waals surface area (Å²) in [5, 5.41) is 12.5. The van der Waals surface area contributed by atoms with Gasteiger partial charge in [-0.15, -0.1) is 0 Å². The topological polar surface area (TPSA) is 139 Å². The molecule has 3 aromatic rings. The van der Waals surface area contributed by atoms with E-state index >= 15 is 0 Å². The molecule has 2 N–H and O–H groups in total. The van der Waals surface area contributed by atoms with E-state index in [-0.39, 0.29) is 28.1 Å². The number of benzene rings is 1. The number of ether oxygens (including phenoxy) is 1. The number of pyridine rings is 1. The van der Waals surface area contributed by atoms with E-state index in [2.05, 4.69) is 30.7 Å². The summed E-state index contributed by atoms with van der Waals surface area (Å²) in [6, 6.07) is 10.2. The highest BCUT2D eigenvalue weighted by atomic mass is 35.5. The summed E-state index contributed by atoms with van der Waals surface area (Å²) in [6.45, 7) is 1.83. The van der Waals surface area contributed by atoms with Gasteiger partial charge in [0.25, 0.3) is 5.91 Å². The number of carbonyl (C=O) groups excluding carboxylic acids is 1. The van der Waals surface area contributed by atoms with E-state index in [0.29, 0.717) is 31.2 Å². The molecule has 0 radical (unpaired) electrons. The van der Waals surface area contributed by atoms with Crippen LogP contribution in [0.3, 0.4) is 0 Å². The van der Waals surface area contributed by atoms with Crippen LogP contribution in [0.5, 0.6) is 5.75 Å². The summed E-state index contributed by atoms with van der Waals surface area (Å²) in [4.78, 5) is 39.8. The van der Waals surface area contributed by atoms with Crippen molar-refractivity contribution < 1.29 is 14.5 Å². The molecule has 35 heavy (non-hydrogen) atoms. The molecule has 14 heteroatoms. The summed E-state index contributed by atoms with van der Waals surface area (Å²) < 4.78 is 5.36. The first-order valence-corrected chi connectivity index (χ1v) is 11.2. The van der Waals surface area contributed by atoms with Crippen LogP contribution < -0.4 is 25.4 Å². The first-order valence-electron chi connectivity index (χ1n) is 10.5. The number of halogens is 2. The van der Waals surface area contributed by atoms with Crippen molar-refractivity contribution in [3.63, 3.8) is 0 Å². The smallest absolute Gasteiger partial charge is 0.355 e. The van der Waals surface area contributed by atoms with Gasteiger partial charge < -0.3 is 14.5 Å². The molecule has 3 heterocycles. The second-order valence-corrected chi connectivity index (χ2v) is 8.19. The van der Waals surface area contributed by atoms with Crippen molar-refractivity contribution in [2.45, 2.75) is 0 Å². The maximum atomic E-state index is 12.2. The molecular formula is C21H20Cl2N8O4. The van der Waals surface area contributed by atoms with Gasteiger partial charge in [-0.3, -0.25) is 25.8 Å². The summed E-state index contributed by atoms with van der Waals surface area (Å²) in [5.41, 5.74) is 4.49. The molecule has 0 atom stereocenters. The maximum absolute atomic E-state index is 12.2. The Morgan fingerprint density at radius 3 is 2.54 bits per heavy atom. The Morgan fingerprint density at radius 2 is 1.86 bits per heavy atom. The number of aromatic nitrogens is 3. The molecule has 1 aliphatic heterocycles. The molecule has 12 nitrogen and oxygen atoms in total. The molecular weight excluding hydrogens is 499 g/mol. The third-order valence-electron chi connectivity index (χ3n) is 5.11. The zero-order valence-corrected chi connectivity index (χ0v) is 19.7. The van der Waals surface area contributed by atoms with Gasteiger partial charge in [0, 0.05) is 37.4 Å². The molecule has 0 bridgehead atoms. The number of hydrogen-bond donors (Lipinski definition) is 2. The quantitative estimate of drug-likeness (QED) is 0.337. The van der Waals surface area contributed by atoms with Crippen molar-refractivity contribution in [1.82, 2.24) is 20.4 Å². The number of hydrogen-bond acceptors (Lipinski definition) is 10. The minimum atomic E-state index is -0.602. The van der Waals surface area contributed by atoms with Crippen LogP contribution in [0, 0.1) is 10.1 Å². The Bertz CT molecular complexity index is 1210. The van der Waals surface area contributed by atoms with Crippen LogP contribution in [0.1, 0.15) is 0 Å². The lowest BCUT2D eigenvalue weighted by Gasteiger charge is -2.35. The number of amides is 1. The molecule has 1 aromatic carbocycles. The van der Waals surface area contributed by atoms with Gasteiger partial charge in [0.15, 0.2) is 6.61 Å². The van der Waals surface area contributed by atoms with Gasteiger partial charge in [0.1, 0.15) is 17.9 Å². The van der Waals surface area contributed by atoms with Gasteiger partial charge in [0.05, 0.1) is 9.95 Å². The lowest BCUT2D eigenvalue weighted by Crippen LogP contribution is -2.47. The lowest BCUT2D eigenvalue weighted by atomic mass is 10.3. The van der Waals surface area contributed by atoms with Crippen LogP contribution in [0.4, 0.5) is 23.1 Å². The molecule has 1 saturated heterocycles. The molecule has 0 aliphatic carbocycles. The molecule has 1 fully saturated rings. The number of piperazine rings is 1. The van der Waals surface area contributed by atoms with Crippen molar-refractivity contribution in [3.05, 3.63) is 69.1 Å². The Morgan fingerprint density at radius 1 is 1.09 bits per heavy atom. The monoisotopic (exact) mass is 518 g/mol. The molecule has 0 spiro atoms. The third kappa shape index (κ3) is 5.97. The third-order valence-corrected chi connectivity index (χ3v) is 5.64. The maximum Gasteiger partial charge on any atom is 0.355 e. The van der Waals surface area contributed by atoms with Crippen molar-refractivity contribution in [1.29, 1.82) is 0 Å².